The largest absolute Gasteiger partial charge is 0.469 e. The van der Waals surface area contributed by atoms with E-state index in [0.29, 0.717) is 6.04 Å². The fourth-order valence-corrected chi connectivity index (χ4v) is 3.90. The van der Waals surface area contributed by atoms with E-state index < -0.39 is 0 Å². The zero-order valence-electron chi connectivity index (χ0n) is 13.8. The lowest BCUT2D eigenvalue weighted by Gasteiger charge is -2.37. The van der Waals surface area contributed by atoms with E-state index in [2.05, 4.69) is 17.1 Å². The molecule has 21 heavy (non-hydrogen) atoms. The highest BCUT2D eigenvalue weighted by molar-refractivity contribution is 5.72. The van der Waals surface area contributed by atoms with Crippen molar-refractivity contribution in [3.8, 4) is 0 Å². The molecule has 2 aliphatic rings. The van der Waals surface area contributed by atoms with Gasteiger partial charge in [-0.25, -0.2) is 0 Å². The summed E-state index contributed by atoms with van der Waals surface area (Å²) in [7, 11) is 1.51. The standard InChI is InChI=1S/C17H32N2O2/c1-3-9-19-12-15(17(20)21-2)10-16(13-19)18-11-14-7-5-4-6-8-14/h14-16,18H,3-13H2,1-2H3. The first-order valence-corrected chi connectivity index (χ1v) is 8.76. The summed E-state index contributed by atoms with van der Waals surface area (Å²) in [6.45, 7) is 6.34. The number of likely N-dealkylation sites (tertiary alicyclic amines) is 1. The Bertz CT molecular complexity index is 316. The van der Waals surface area contributed by atoms with Crippen molar-refractivity contribution in [2.75, 3.05) is 33.3 Å². The molecule has 2 rings (SSSR count). The van der Waals surface area contributed by atoms with E-state index >= 15 is 0 Å². The van der Waals surface area contributed by atoms with Crippen LogP contribution in [0.3, 0.4) is 0 Å². The number of nitrogens with one attached hydrogen (secondary N) is 1. The van der Waals surface area contributed by atoms with Crippen molar-refractivity contribution in [1.82, 2.24) is 10.2 Å². The third kappa shape index (κ3) is 5.26. The number of methoxy groups -OCH3 is 1. The number of carbonyl (C=O) groups is 1. The maximum atomic E-state index is 11.9. The molecular weight excluding hydrogens is 264 g/mol. The zero-order valence-corrected chi connectivity index (χ0v) is 13.8. The van der Waals surface area contributed by atoms with Gasteiger partial charge in [0.15, 0.2) is 0 Å². The number of carbonyl (C=O) groups excluding carboxylic acids is 1. The summed E-state index contributed by atoms with van der Waals surface area (Å²) in [5.74, 6) is 0.844. The van der Waals surface area contributed by atoms with Crippen molar-refractivity contribution in [2.45, 2.75) is 57.9 Å². The molecule has 1 aliphatic carbocycles. The minimum absolute atomic E-state index is 0.0409. The van der Waals surface area contributed by atoms with Gasteiger partial charge in [-0.1, -0.05) is 26.2 Å². The lowest BCUT2D eigenvalue weighted by Crippen LogP contribution is -2.52. The molecule has 1 N–H and O–H groups in total. The molecule has 4 heteroatoms. The molecule has 1 heterocycles. The molecule has 0 aromatic rings. The van der Waals surface area contributed by atoms with E-state index in [1.165, 1.54) is 39.2 Å². The number of piperidine rings is 1. The molecule has 4 nitrogen and oxygen atoms in total. The first kappa shape index (κ1) is 16.8. The SMILES string of the molecule is CCCN1CC(NCC2CCCCC2)CC(C(=O)OC)C1. The minimum atomic E-state index is -0.0414. The molecule has 122 valence electrons. The van der Waals surface area contributed by atoms with Gasteiger partial charge in [-0.15, -0.1) is 0 Å². The van der Waals surface area contributed by atoms with Crippen molar-refractivity contribution >= 4 is 5.97 Å². The van der Waals surface area contributed by atoms with Crippen molar-refractivity contribution in [1.29, 1.82) is 0 Å². The van der Waals surface area contributed by atoms with Crippen molar-refractivity contribution < 1.29 is 9.53 Å². The van der Waals surface area contributed by atoms with Crippen molar-refractivity contribution in [2.24, 2.45) is 11.8 Å². The first-order chi connectivity index (χ1) is 10.2. The van der Waals surface area contributed by atoms with E-state index in [1.54, 1.807) is 0 Å². The molecule has 2 fully saturated rings. The minimum Gasteiger partial charge on any atom is -0.469 e. The Morgan fingerprint density at radius 3 is 2.67 bits per heavy atom. The second-order valence-electron chi connectivity index (χ2n) is 6.82. The van der Waals surface area contributed by atoms with Crippen molar-refractivity contribution in [3.05, 3.63) is 0 Å². The number of rotatable bonds is 6. The summed E-state index contributed by atoms with van der Waals surface area (Å²) < 4.78 is 4.97. The van der Waals surface area contributed by atoms with Crippen molar-refractivity contribution in [3.63, 3.8) is 0 Å². The summed E-state index contributed by atoms with van der Waals surface area (Å²) in [5, 5.41) is 3.74. The summed E-state index contributed by atoms with van der Waals surface area (Å²) in [6, 6.07) is 0.441. The summed E-state index contributed by atoms with van der Waals surface area (Å²) >= 11 is 0. The predicted molar refractivity (Wildman–Crippen MR) is 85.2 cm³/mol. The maximum absolute atomic E-state index is 11.9. The van der Waals surface area contributed by atoms with Crippen LogP contribution in [0.4, 0.5) is 0 Å². The van der Waals surface area contributed by atoms with Gasteiger partial charge in [0.1, 0.15) is 0 Å². The van der Waals surface area contributed by atoms with Crippen LogP contribution >= 0.6 is 0 Å². The summed E-state index contributed by atoms with van der Waals surface area (Å²) in [5.41, 5.74) is 0. The van der Waals surface area contributed by atoms with Crippen LogP contribution in [-0.2, 0) is 9.53 Å². The number of esters is 1. The average Bonchev–Trinajstić information content (AvgIpc) is 2.53. The maximum Gasteiger partial charge on any atom is 0.310 e. The highest BCUT2D eigenvalue weighted by atomic mass is 16.5. The highest BCUT2D eigenvalue weighted by Gasteiger charge is 2.32. The van der Waals surface area contributed by atoms with Gasteiger partial charge in [0, 0.05) is 19.1 Å². The fraction of sp³-hybridized carbons (Fsp3) is 0.941. The molecule has 1 saturated carbocycles. The Kier molecular flexibility index (Phi) is 6.97. The van der Waals surface area contributed by atoms with E-state index in [0.717, 1.165) is 44.9 Å². The Labute approximate surface area is 129 Å². The lowest BCUT2D eigenvalue weighted by molar-refractivity contribution is -0.147. The Hall–Kier alpha value is -0.610. The molecular formula is C17H32N2O2. The molecule has 0 aromatic heterocycles. The van der Waals surface area contributed by atoms with Gasteiger partial charge in [0.2, 0.25) is 0 Å². The second-order valence-corrected chi connectivity index (χ2v) is 6.82. The van der Waals surface area contributed by atoms with E-state index in [9.17, 15) is 4.79 Å². The third-order valence-electron chi connectivity index (χ3n) is 5.02. The van der Waals surface area contributed by atoms with Gasteiger partial charge in [0.05, 0.1) is 13.0 Å². The van der Waals surface area contributed by atoms with E-state index in [-0.39, 0.29) is 11.9 Å². The Morgan fingerprint density at radius 2 is 2.00 bits per heavy atom. The summed E-state index contributed by atoms with van der Waals surface area (Å²) in [4.78, 5) is 14.3. The third-order valence-corrected chi connectivity index (χ3v) is 5.02. The average molecular weight is 296 g/mol. The molecule has 2 unspecified atom stereocenters. The normalized spacial score (nSPS) is 28.5. The molecule has 1 aliphatic heterocycles. The molecule has 1 saturated heterocycles. The van der Waals surface area contributed by atoms with Crippen LogP contribution in [0.1, 0.15) is 51.9 Å². The molecule has 0 radical (unpaired) electrons. The molecule has 0 aromatic carbocycles. The smallest absolute Gasteiger partial charge is 0.310 e. The van der Waals surface area contributed by atoms with Gasteiger partial charge >= 0.3 is 5.97 Å². The number of ether oxygens (including phenoxy) is 1. The van der Waals surface area contributed by atoms with E-state index in [4.69, 9.17) is 4.74 Å². The quantitative estimate of drug-likeness (QED) is 0.764. The van der Waals surface area contributed by atoms with Crippen LogP contribution in [0.2, 0.25) is 0 Å². The van der Waals surface area contributed by atoms with Crippen LogP contribution in [-0.4, -0.2) is 50.2 Å². The topological polar surface area (TPSA) is 41.6 Å². The van der Waals surface area contributed by atoms with Gasteiger partial charge in [-0.3, -0.25) is 4.79 Å². The van der Waals surface area contributed by atoms with Crippen LogP contribution < -0.4 is 5.32 Å². The highest BCUT2D eigenvalue weighted by Crippen LogP contribution is 2.24. The molecule has 0 spiro atoms. The second kappa shape index (κ2) is 8.74. The van der Waals surface area contributed by atoms with Crippen LogP contribution in [0, 0.1) is 11.8 Å². The monoisotopic (exact) mass is 296 g/mol. The fourth-order valence-electron chi connectivity index (χ4n) is 3.90. The van der Waals surface area contributed by atoms with Crippen LogP contribution in [0.25, 0.3) is 0 Å². The lowest BCUT2D eigenvalue weighted by atomic mass is 9.88. The number of nitrogens with zero attached hydrogens (tertiary/aromatic N) is 1. The molecule has 0 amide bonds. The van der Waals surface area contributed by atoms with Gasteiger partial charge in [-0.2, -0.15) is 0 Å². The Morgan fingerprint density at radius 1 is 1.24 bits per heavy atom. The zero-order chi connectivity index (χ0) is 15.1. The van der Waals surface area contributed by atoms with Crippen LogP contribution in [0.15, 0.2) is 0 Å². The van der Waals surface area contributed by atoms with Gasteiger partial charge < -0.3 is 15.0 Å². The Balaban J connectivity index is 1.82. The van der Waals surface area contributed by atoms with Crippen LogP contribution in [0.5, 0.6) is 0 Å². The first-order valence-electron chi connectivity index (χ1n) is 8.76. The number of hydrogen-bond donors (Lipinski definition) is 1. The van der Waals surface area contributed by atoms with Gasteiger partial charge in [-0.05, 0) is 44.7 Å². The molecule has 2 atom stereocenters. The van der Waals surface area contributed by atoms with E-state index in [1.807, 2.05) is 0 Å². The molecule has 0 bridgehead atoms. The number of hydrogen-bond acceptors (Lipinski definition) is 4. The summed E-state index contributed by atoms with van der Waals surface area (Å²) in [6.07, 6.45) is 9.02. The predicted octanol–water partition coefficient (Wildman–Crippen LogP) is 2.43. The van der Waals surface area contributed by atoms with Gasteiger partial charge in [0.25, 0.3) is 0 Å².